The molecule has 7 heteroatoms. The van der Waals surface area contributed by atoms with Gasteiger partial charge < -0.3 is 10.2 Å². The van der Waals surface area contributed by atoms with E-state index in [1.807, 2.05) is 6.92 Å². The predicted molar refractivity (Wildman–Crippen MR) is 87.6 cm³/mol. The number of aryl methyl sites for hydroxylation is 1. The maximum atomic E-state index is 12.7. The predicted octanol–water partition coefficient (Wildman–Crippen LogP) is 4.92. The molecule has 4 nitrogen and oxygen atoms in total. The van der Waals surface area contributed by atoms with E-state index in [4.69, 9.17) is 10.2 Å². The van der Waals surface area contributed by atoms with Gasteiger partial charge in [-0.2, -0.15) is 18.4 Å². The minimum Gasteiger partial charge on any atom is -0.435 e. The van der Waals surface area contributed by atoms with E-state index in [1.165, 1.54) is 12.1 Å². The van der Waals surface area contributed by atoms with Crippen LogP contribution in [0.4, 0.5) is 18.9 Å². The fourth-order valence-corrected chi connectivity index (χ4v) is 2.64. The molecule has 128 valence electrons. The van der Waals surface area contributed by atoms with Crippen LogP contribution < -0.4 is 5.73 Å². The van der Waals surface area contributed by atoms with Gasteiger partial charge in [0, 0.05) is 5.56 Å². The summed E-state index contributed by atoms with van der Waals surface area (Å²) in [6.07, 6.45) is -2.86. The van der Waals surface area contributed by atoms with Crippen LogP contribution in [0.15, 0.2) is 34.7 Å². The second-order valence-corrected chi connectivity index (χ2v) is 5.63. The van der Waals surface area contributed by atoms with Crippen LogP contribution in [-0.2, 0) is 12.6 Å². The lowest BCUT2D eigenvalue weighted by Gasteiger charge is -2.05. The number of aromatic nitrogens is 1. The molecule has 0 saturated carbocycles. The van der Waals surface area contributed by atoms with Gasteiger partial charge in [0.05, 0.1) is 16.8 Å². The van der Waals surface area contributed by atoms with Gasteiger partial charge in [0.2, 0.25) is 5.89 Å². The summed E-state index contributed by atoms with van der Waals surface area (Å²) in [5, 5.41) is 9.32. The minimum atomic E-state index is -4.41. The molecule has 25 heavy (non-hydrogen) atoms. The van der Waals surface area contributed by atoms with E-state index < -0.39 is 11.7 Å². The van der Waals surface area contributed by atoms with Gasteiger partial charge in [-0.3, -0.25) is 0 Å². The first kappa shape index (κ1) is 16.8. The van der Waals surface area contributed by atoms with Crippen LogP contribution in [-0.4, -0.2) is 4.98 Å². The third-order valence-corrected chi connectivity index (χ3v) is 3.89. The van der Waals surface area contributed by atoms with Gasteiger partial charge >= 0.3 is 6.18 Å². The number of hydrogen-bond acceptors (Lipinski definition) is 4. The van der Waals surface area contributed by atoms with Crippen molar-refractivity contribution in [3.63, 3.8) is 0 Å². The summed E-state index contributed by atoms with van der Waals surface area (Å²) in [5.74, 6) is 0.126. The Hall–Kier alpha value is -3.01. The van der Waals surface area contributed by atoms with Crippen LogP contribution >= 0.6 is 0 Å². The quantitative estimate of drug-likeness (QED) is 0.684. The molecule has 0 aliphatic carbocycles. The normalized spacial score (nSPS) is 11.6. The van der Waals surface area contributed by atoms with Crippen LogP contribution in [0, 0.1) is 11.3 Å². The van der Waals surface area contributed by atoms with Gasteiger partial charge in [-0.15, -0.1) is 0 Å². The summed E-state index contributed by atoms with van der Waals surface area (Å²) < 4.78 is 43.6. The molecule has 0 aliphatic heterocycles. The molecule has 1 aromatic heterocycles. The van der Waals surface area contributed by atoms with Crippen LogP contribution in [0.5, 0.6) is 0 Å². The molecule has 2 N–H and O–H groups in total. The Morgan fingerprint density at radius 2 is 1.92 bits per heavy atom. The molecule has 3 aromatic rings. The number of alkyl halides is 3. The molecule has 2 aromatic carbocycles. The van der Waals surface area contributed by atoms with Gasteiger partial charge in [-0.1, -0.05) is 13.3 Å². The standard InChI is InChI=1S/C18H14F3N3O/c1-2-3-11-8-12(9-22)16-15(14(11)23)24-17(25-16)10-4-6-13(7-5-10)18(19,20)21/h4-8H,2-3,23H2,1H3. The Kier molecular flexibility index (Phi) is 4.13. The molecule has 0 atom stereocenters. The van der Waals surface area contributed by atoms with E-state index in [0.717, 1.165) is 24.1 Å². The summed E-state index contributed by atoms with van der Waals surface area (Å²) in [7, 11) is 0. The number of fused-ring (bicyclic) bond motifs is 1. The van der Waals surface area contributed by atoms with Crippen LogP contribution in [0.2, 0.25) is 0 Å². The number of nitrogens with zero attached hydrogens (tertiary/aromatic N) is 2. The van der Waals surface area contributed by atoms with E-state index in [0.29, 0.717) is 28.8 Å². The zero-order valence-electron chi connectivity index (χ0n) is 13.3. The lowest BCUT2D eigenvalue weighted by atomic mass is 10.0. The smallest absolute Gasteiger partial charge is 0.416 e. The van der Waals surface area contributed by atoms with Gasteiger partial charge in [-0.25, -0.2) is 4.98 Å². The molecule has 1 heterocycles. The Labute approximate surface area is 141 Å². The topological polar surface area (TPSA) is 75.8 Å². The first-order valence-corrected chi connectivity index (χ1v) is 7.64. The second kappa shape index (κ2) is 6.13. The highest BCUT2D eigenvalue weighted by atomic mass is 19.4. The van der Waals surface area contributed by atoms with Gasteiger partial charge in [-0.05, 0) is 42.3 Å². The number of benzene rings is 2. The highest BCUT2D eigenvalue weighted by molar-refractivity contribution is 5.93. The summed E-state index contributed by atoms with van der Waals surface area (Å²) in [4.78, 5) is 4.30. The van der Waals surface area contributed by atoms with Crippen molar-refractivity contribution in [2.45, 2.75) is 25.9 Å². The molecular formula is C18H14F3N3O. The average molecular weight is 345 g/mol. The molecule has 0 bridgehead atoms. The van der Waals surface area contributed by atoms with Crippen LogP contribution in [0.3, 0.4) is 0 Å². The summed E-state index contributed by atoms with van der Waals surface area (Å²) >= 11 is 0. The van der Waals surface area contributed by atoms with Gasteiger partial charge in [0.1, 0.15) is 11.6 Å². The third-order valence-electron chi connectivity index (χ3n) is 3.89. The second-order valence-electron chi connectivity index (χ2n) is 5.63. The molecule has 0 amide bonds. The molecule has 3 rings (SSSR count). The van der Waals surface area contributed by atoms with E-state index in [2.05, 4.69) is 11.1 Å². The van der Waals surface area contributed by atoms with Crippen molar-refractivity contribution in [2.24, 2.45) is 0 Å². The average Bonchev–Trinajstić information content (AvgIpc) is 3.03. The Balaban J connectivity index is 2.12. The SMILES string of the molecule is CCCc1cc(C#N)c2oc(-c3ccc(C(F)(F)F)cc3)nc2c1N. The van der Waals surface area contributed by atoms with Crippen molar-refractivity contribution < 1.29 is 17.6 Å². The van der Waals surface area contributed by atoms with Crippen LogP contribution in [0.1, 0.15) is 30.0 Å². The first-order valence-electron chi connectivity index (χ1n) is 7.64. The molecular weight excluding hydrogens is 331 g/mol. The maximum Gasteiger partial charge on any atom is 0.416 e. The Bertz CT molecular complexity index is 966. The van der Waals surface area contributed by atoms with E-state index in [-0.39, 0.29) is 11.5 Å². The molecule has 0 radical (unpaired) electrons. The largest absolute Gasteiger partial charge is 0.435 e. The Morgan fingerprint density at radius 3 is 2.48 bits per heavy atom. The number of anilines is 1. The molecule has 0 saturated heterocycles. The fourth-order valence-electron chi connectivity index (χ4n) is 2.64. The van der Waals surface area contributed by atoms with Crippen molar-refractivity contribution >= 4 is 16.8 Å². The summed E-state index contributed by atoms with van der Waals surface area (Å²) in [6, 6.07) is 8.20. The third kappa shape index (κ3) is 3.03. The maximum absolute atomic E-state index is 12.7. The van der Waals surface area contributed by atoms with Crippen LogP contribution in [0.25, 0.3) is 22.6 Å². The minimum absolute atomic E-state index is 0.126. The fraction of sp³-hybridized carbons (Fsp3) is 0.222. The highest BCUT2D eigenvalue weighted by Crippen LogP contribution is 2.34. The van der Waals surface area contributed by atoms with E-state index in [1.54, 1.807) is 6.07 Å². The monoisotopic (exact) mass is 345 g/mol. The van der Waals surface area contributed by atoms with Crippen molar-refractivity contribution in [3.8, 4) is 17.5 Å². The van der Waals surface area contributed by atoms with E-state index >= 15 is 0 Å². The van der Waals surface area contributed by atoms with Crippen molar-refractivity contribution in [1.82, 2.24) is 4.98 Å². The van der Waals surface area contributed by atoms with Crippen molar-refractivity contribution in [1.29, 1.82) is 5.26 Å². The Morgan fingerprint density at radius 1 is 1.24 bits per heavy atom. The zero-order valence-corrected chi connectivity index (χ0v) is 13.3. The first-order chi connectivity index (χ1) is 11.8. The lowest BCUT2D eigenvalue weighted by Crippen LogP contribution is -2.03. The van der Waals surface area contributed by atoms with Gasteiger partial charge in [0.15, 0.2) is 5.58 Å². The number of nitriles is 1. The molecule has 0 spiro atoms. The lowest BCUT2D eigenvalue weighted by molar-refractivity contribution is -0.137. The summed E-state index contributed by atoms with van der Waals surface area (Å²) in [6.45, 7) is 1.99. The number of oxazole rings is 1. The van der Waals surface area contributed by atoms with Crippen molar-refractivity contribution in [3.05, 3.63) is 47.0 Å². The number of nitrogens with two attached hydrogens (primary N) is 1. The molecule has 0 unspecified atom stereocenters. The number of rotatable bonds is 3. The molecule has 0 fully saturated rings. The van der Waals surface area contributed by atoms with E-state index in [9.17, 15) is 18.4 Å². The highest BCUT2D eigenvalue weighted by Gasteiger charge is 2.30. The number of hydrogen-bond donors (Lipinski definition) is 1. The number of nitrogen functional groups attached to an aromatic ring is 1. The summed E-state index contributed by atoms with van der Waals surface area (Å²) in [5.41, 5.74) is 7.89. The van der Waals surface area contributed by atoms with Crippen molar-refractivity contribution in [2.75, 3.05) is 5.73 Å². The molecule has 0 aliphatic rings. The van der Waals surface area contributed by atoms with Gasteiger partial charge in [0.25, 0.3) is 0 Å². The zero-order chi connectivity index (χ0) is 18.2. The number of halogens is 3.